The van der Waals surface area contributed by atoms with Crippen molar-refractivity contribution in [2.75, 3.05) is 0 Å². The Kier molecular flexibility index (Phi) is 3.30. The van der Waals surface area contributed by atoms with Gasteiger partial charge in [-0.25, -0.2) is 0 Å². The maximum absolute atomic E-state index is 6.21. The molecule has 0 nitrogen and oxygen atoms in total. The van der Waals surface area contributed by atoms with Crippen molar-refractivity contribution < 1.29 is 0 Å². The van der Waals surface area contributed by atoms with Gasteiger partial charge in [0.1, 0.15) is 0 Å². The van der Waals surface area contributed by atoms with E-state index < -0.39 is 0 Å². The molecule has 0 aliphatic rings. The Morgan fingerprint density at radius 3 is 2.53 bits per heavy atom. The third kappa shape index (κ3) is 2.17. The molecule has 0 amide bonds. The molecule has 0 fully saturated rings. The quantitative estimate of drug-likeness (QED) is 0.653. The van der Waals surface area contributed by atoms with Gasteiger partial charge in [-0.05, 0) is 16.3 Å². The molecule has 0 N–H and O–H groups in total. The minimum atomic E-state index is -0.173. The highest BCUT2D eigenvalue weighted by Gasteiger charge is 2.07. The van der Waals surface area contributed by atoms with Crippen molar-refractivity contribution in [1.29, 1.82) is 0 Å². The summed E-state index contributed by atoms with van der Waals surface area (Å²) in [6, 6.07) is 14.3. The highest BCUT2D eigenvalue weighted by molar-refractivity contribution is 6.27. The molecule has 2 aromatic carbocycles. The largest absolute Gasteiger partial charge is 0.113 e. The molecule has 1 unspecified atom stereocenters. The lowest BCUT2D eigenvalue weighted by Gasteiger charge is -2.08. The lowest BCUT2D eigenvalue weighted by molar-refractivity contribution is 1.24. The molecule has 0 saturated heterocycles. The molecule has 2 heteroatoms. The number of fused-ring (bicyclic) bond motifs is 1. The van der Waals surface area contributed by atoms with Crippen LogP contribution in [-0.2, 0) is 0 Å². The van der Waals surface area contributed by atoms with Gasteiger partial charge in [0.15, 0.2) is 0 Å². The maximum Gasteiger partial charge on any atom is 0.0783 e. The second-order valence-corrected chi connectivity index (χ2v) is 4.01. The number of hydrogen-bond acceptors (Lipinski definition) is 0. The Morgan fingerprint density at radius 2 is 1.73 bits per heavy atom. The molecule has 0 saturated carbocycles. The van der Waals surface area contributed by atoms with Crippen LogP contribution in [0, 0.1) is 0 Å². The summed E-state index contributed by atoms with van der Waals surface area (Å²) >= 11 is 11.7. The number of benzene rings is 2. The topological polar surface area (TPSA) is 0 Å². The minimum absolute atomic E-state index is 0.173. The summed E-state index contributed by atoms with van der Waals surface area (Å²) in [5, 5.41) is 2.20. The van der Waals surface area contributed by atoms with Crippen LogP contribution in [0.15, 0.2) is 54.1 Å². The molecule has 0 spiro atoms. The molecule has 0 heterocycles. The van der Waals surface area contributed by atoms with Crippen LogP contribution in [0.3, 0.4) is 0 Å². The Balaban J connectivity index is 2.60. The summed E-state index contributed by atoms with van der Waals surface area (Å²) in [5.74, 6) is 0. The first-order valence-electron chi connectivity index (χ1n) is 4.71. The van der Waals surface area contributed by atoms with Gasteiger partial charge in [-0.15, -0.1) is 11.6 Å². The van der Waals surface area contributed by atoms with Gasteiger partial charge in [0, 0.05) is 5.54 Å². The van der Waals surface area contributed by atoms with E-state index in [9.17, 15) is 0 Å². The van der Waals surface area contributed by atoms with Gasteiger partial charge in [-0.3, -0.25) is 0 Å². The van der Waals surface area contributed by atoms with Crippen LogP contribution in [0.5, 0.6) is 0 Å². The second-order valence-electron chi connectivity index (χ2n) is 3.29. The van der Waals surface area contributed by atoms with Gasteiger partial charge >= 0.3 is 0 Å². The van der Waals surface area contributed by atoms with Crippen molar-refractivity contribution >= 4 is 34.0 Å². The number of allylic oxidation sites excluding steroid dienone is 1. The first-order chi connectivity index (χ1) is 7.33. The molecule has 0 bridgehead atoms. The Labute approximate surface area is 99.1 Å². The summed E-state index contributed by atoms with van der Waals surface area (Å²) in [4.78, 5) is 0. The molecule has 0 aromatic heterocycles. The monoisotopic (exact) mass is 236 g/mol. The van der Waals surface area contributed by atoms with Crippen LogP contribution in [0.4, 0.5) is 0 Å². The molecular formula is C13H10Cl2. The molecule has 76 valence electrons. The molecule has 0 radical (unpaired) electrons. The van der Waals surface area contributed by atoms with E-state index in [1.807, 2.05) is 24.3 Å². The molecule has 2 aromatic rings. The van der Waals surface area contributed by atoms with Gasteiger partial charge in [-0.2, -0.15) is 0 Å². The summed E-state index contributed by atoms with van der Waals surface area (Å²) < 4.78 is 0. The zero-order valence-corrected chi connectivity index (χ0v) is 9.54. The summed E-state index contributed by atoms with van der Waals surface area (Å²) in [6.45, 7) is 0. The number of hydrogen-bond donors (Lipinski definition) is 0. The van der Waals surface area contributed by atoms with E-state index in [1.54, 1.807) is 6.08 Å². The van der Waals surface area contributed by atoms with Crippen molar-refractivity contribution in [2.45, 2.75) is 5.38 Å². The van der Waals surface area contributed by atoms with Crippen molar-refractivity contribution in [3.8, 4) is 0 Å². The van der Waals surface area contributed by atoms with Crippen LogP contribution in [0.1, 0.15) is 10.9 Å². The van der Waals surface area contributed by atoms with E-state index in [2.05, 4.69) is 18.2 Å². The third-order valence-electron chi connectivity index (χ3n) is 2.36. The molecule has 0 aliphatic heterocycles. The fourth-order valence-corrected chi connectivity index (χ4v) is 2.14. The van der Waals surface area contributed by atoms with Gasteiger partial charge in [0.05, 0.1) is 5.38 Å². The number of halogens is 2. The van der Waals surface area contributed by atoms with E-state index in [1.165, 1.54) is 16.3 Å². The number of alkyl halides is 1. The van der Waals surface area contributed by atoms with Gasteiger partial charge < -0.3 is 0 Å². The maximum atomic E-state index is 6.21. The van der Waals surface area contributed by atoms with Gasteiger partial charge in [0.25, 0.3) is 0 Å². The highest BCUT2D eigenvalue weighted by Crippen LogP contribution is 2.29. The zero-order valence-electron chi connectivity index (χ0n) is 8.03. The minimum Gasteiger partial charge on any atom is -0.113 e. The SMILES string of the molecule is Cl/C=C/C(Cl)c1cccc2ccccc12. The van der Waals surface area contributed by atoms with Gasteiger partial charge in [0.2, 0.25) is 0 Å². The van der Waals surface area contributed by atoms with Crippen LogP contribution >= 0.6 is 23.2 Å². The molecule has 15 heavy (non-hydrogen) atoms. The predicted molar refractivity (Wildman–Crippen MR) is 67.5 cm³/mol. The predicted octanol–water partition coefficient (Wildman–Crippen LogP) is 4.87. The zero-order chi connectivity index (χ0) is 10.7. The fourth-order valence-electron chi connectivity index (χ4n) is 1.66. The molecule has 1 atom stereocenters. The summed E-state index contributed by atoms with van der Waals surface area (Å²) in [5.41, 5.74) is 2.55. The molecule has 2 rings (SSSR count). The lowest BCUT2D eigenvalue weighted by atomic mass is 10.0. The van der Waals surface area contributed by atoms with Crippen LogP contribution < -0.4 is 0 Å². The smallest absolute Gasteiger partial charge is 0.0783 e. The summed E-state index contributed by atoms with van der Waals surface area (Å²) in [6.07, 6.45) is 1.77. The van der Waals surface area contributed by atoms with Crippen molar-refractivity contribution in [1.82, 2.24) is 0 Å². The Morgan fingerprint density at radius 1 is 1.00 bits per heavy atom. The first-order valence-corrected chi connectivity index (χ1v) is 5.59. The average molecular weight is 237 g/mol. The lowest BCUT2D eigenvalue weighted by Crippen LogP contribution is -1.87. The average Bonchev–Trinajstić information content (AvgIpc) is 2.28. The van der Waals surface area contributed by atoms with Crippen molar-refractivity contribution in [3.63, 3.8) is 0 Å². The standard InChI is InChI=1S/C13H10Cl2/c14-9-8-13(15)12-7-3-5-10-4-1-2-6-11(10)12/h1-9,13H/b9-8+. The van der Waals surface area contributed by atoms with E-state index >= 15 is 0 Å². The normalized spacial score (nSPS) is 13.5. The van der Waals surface area contributed by atoms with Crippen molar-refractivity contribution in [2.24, 2.45) is 0 Å². The van der Waals surface area contributed by atoms with E-state index in [-0.39, 0.29) is 5.38 Å². The van der Waals surface area contributed by atoms with E-state index in [0.717, 1.165) is 5.56 Å². The first kappa shape index (κ1) is 10.5. The van der Waals surface area contributed by atoms with Crippen LogP contribution in [-0.4, -0.2) is 0 Å². The van der Waals surface area contributed by atoms with E-state index in [4.69, 9.17) is 23.2 Å². The third-order valence-corrected chi connectivity index (χ3v) is 2.89. The highest BCUT2D eigenvalue weighted by atomic mass is 35.5. The van der Waals surface area contributed by atoms with Crippen molar-refractivity contribution in [3.05, 3.63) is 59.6 Å². The number of rotatable bonds is 2. The second kappa shape index (κ2) is 4.69. The molecular weight excluding hydrogens is 227 g/mol. The summed E-state index contributed by atoms with van der Waals surface area (Å²) in [7, 11) is 0. The molecule has 0 aliphatic carbocycles. The Bertz CT molecular complexity index is 483. The van der Waals surface area contributed by atoms with Crippen LogP contribution in [0.2, 0.25) is 0 Å². The van der Waals surface area contributed by atoms with Gasteiger partial charge in [-0.1, -0.05) is 60.1 Å². The van der Waals surface area contributed by atoms with Crippen LogP contribution in [0.25, 0.3) is 10.8 Å². The van der Waals surface area contributed by atoms with E-state index in [0.29, 0.717) is 0 Å². The Hall–Kier alpha value is -0.980. The fraction of sp³-hybridized carbons (Fsp3) is 0.0769.